The van der Waals surface area contributed by atoms with Gasteiger partial charge in [-0.15, -0.1) is 0 Å². The molecule has 1 N–H and O–H groups in total. The Kier molecular flexibility index (Phi) is 4.52. The van der Waals surface area contributed by atoms with Gasteiger partial charge in [-0.2, -0.15) is 0 Å². The standard InChI is InChI=1S/C17H16FN3O3/c1-2-16(22)21-5-6-24-10-14(21)17(23)20-15-8-12-7-13(18)4-3-11(12)9-19-15/h2-4,7-9,14H,1,5-6,10H2,(H,19,20,23). The van der Waals surface area contributed by atoms with Gasteiger partial charge in [0.2, 0.25) is 5.91 Å². The summed E-state index contributed by atoms with van der Waals surface area (Å²) in [6.45, 7) is 4.24. The highest BCUT2D eigenvalue weighted by atomic mass is 19.1. The van der Waals surface area contributed by atoms with E-state index in [1.165, 1.54) is 23.1 Å². The molecule has 7 heteroatoms. The van der Waals surface area contributed by atoms with E-state index < -0.39 is 11.9 Å². The second kappa shape index (κ2) is 6.76. The van der Waals surface area contributed by atoms with Crippen LogP contribution in [-0.4, -0.2) is 47.5 Å². The molecule has 1 atom stereocenters. The van der Waals surface area contributed by atoms with Crippen molar-refractivity contribution in [2.45, 2.75) is 6.04 Å². The Balaban J connectivity index is 1.80. The molecule has 0 saturated carbocycles. The van der Waals surface area contributed by atoms with Crippen LogP contribution in [0.4, 0.5) is 10.2 Å². The number of fused-ring (bicyclic) bond motifs is 1. The first kappa shape index (κ1) is 16.1. The Labute approximate surface area is 137 Å². The van der Waals surface area contributed by atoms with Crippen LogP contribution < -0.4 is 5.32 Å². The lowest BCUT2D eigenvalue weighted by molar-refractivity contribution is -0.142. The number of aromatic nitrogens is 1. The molecule has 124 valence electrons. The summed E-state index contributed by atoms with van der Waals surface area (Å²) in [7, 11) is 0. The average molecular weight is 329 g/mol. The summed E-state index contributed by atoms with van der Waals surface area (Å²) in [5, 5.41) is 4.04. The number of rotatable bonds is 3. The number of hydrogen-bond donors (Lipinski definition) is 1. The molecule has 1 unspecified atom stereocenters. The van der Waals surface area contributed by atoms with E-state index in [9.17, 15) is 14.0 Å². The smallest absolute Gasteiger partial charge is 0.250 e. The molecule has 2 aromatic rings. The molecular formula is C17H16FN3O3. The maximum atomic E-state index is 13.3. The number of ether oxygens (including phenoxy) is 1. The van der Waals surface area contributed by atoms with Crippen LogP contribution >= 0.6 is 0 Å². The molecule has 3 rings (SSSR count). The third kappa shape index (κ3) is 3.26. The van der Waals surface area contributed by atoms with Gasteiger partial charge < -0.3 is 15.0 Å². The Morgan fingerprint density at radius 3 is 3.00 bits per heavy atom. The number of anilines is 1. The van der Waals surface area contributed by atoms with Crippen LogP contribution in [0.15, 0.2) is 43.1 Å². The van der Waals surface area contributed by atoms with Crippen molar-refractivity contribution in [2.24, 2.45) is 0 Å². The summed E-state index contributed by atoms with van der Waals surface area (Å²) in [4.78, 5) is 29.9. The van der Waals surface area contributed by atoms with Crippen LogP contribution in [0.25, 0.3) is 10.8 Å². The van der Waals surface area contributed by atoms with E-state index in [0.29, 0.717) is 18.5 Å². The highest BCUT2D eigenvalue weighted by Crippen LogP contribution is 2.18. The Hall–Kier alpha value is -2.80. The highest BCUT2D eigenvalue weighted by molar-refractivity contribution is 5.99. The molecule has 0 aliphatic carbocycles. The van der Waals surface area contributed by atoms with Gasteiger partial charge in [-0.05, 0) is 35.7 Å². The van der Waals surface area contributed by atoms with Crippen molar-refractivity contribution in [1.29, 1.82) is 0 Å². The van der Waals surface area contributed by atoms with E-state index in [1.807, 2.05) is 0 Å². The molecular weight excluding hydrogens is 313 g/mol. The van der Waals surface area contributed by atoms with Crippen LogP contribution in [0.2, 0.25) is 0 Å². The largest absolute Gasteiger partial charge is 0.377 e. The van der Waals surface area contributed by atoms with E-state index in [4.69, 9.17) is 4.74 Å². The van der Waals surface area contributed by atoms with Gasteiger partial charge in [0.1, 0.15) is 17.7 Å². The van der Waals surface area contributed by atoms with Crippen LogP contribution in [0.1, 0.15) is 0 Å². The summed E-state index contributed by atoms with van der Waals surface area (Å²) < 4.78 is 18.6. The van der Waals surface area contributed by atoms with Crippen LogP contribution in [0, 0.1) is 5.82 Å². The minimum absolute atomic E-state index is 0.105. The molecule has 0 spiro atoms. The number of benzene rings is 1. The lowest BCUT2D eigenvalue weighted by Crippen LogP contribution is -2.53. The van der Waals surface area contributed by atoms with Crippen molar-refractivity contribution < 1.29 is 18.7 Å². The summed E-state index contributed by atoms with van der Waals surface area (Å²) in [6.07, 6.45) is 2.72. The number of pyridine rings is 1. The number of hydrogen-bond acceptors (Lipinski definition) is 4. The first-order valence-electron chi connectivity index (χ1n) is 7.45. The number of nitrogens with zero attached hydrogens (tertiary/aromatic N) is 2. The molecule has 2 amide bonds. The van der Waals surface area contributed by atoms with Crippen molar-refractivity contribution in [3.8, 4) is 0 Å². The van der Waals surface area contributed by atoms with Gasteiger partial charge in [-0.1, -0.05) is 6.58 Å². The SMILES string of the molecule is C=CC(=O)N1CCOCC1C(=O)Nc1cc2cc(F)ccc2cn1. The summed E-state index contributed by atoms with van der Waals surface area (Å²) in [5.74, 6) is -0.816. The van der Waals surface area contributed by atoms with Crippen molar-refractivity contribution in [3.05, 3.63) is 48.9 Å². The molecule has 6 nitrogen and oxygen atoms in total. The lowest BCUT2D eigenvalue weighted by atomic mass is 10.1. The molecule has 1 aliphatic rings. The number of nitrogens with one attached hydrogen (secondary N) is 1. The predicted octanol–water partition coefficient (Wildman–Crippen LogP) is 1.73. The number of carbonyl (C=O) groups excluding carboxylic acids is 2. The zero-order valence-corrected chi connectivity index (χ0v) is 12.9. The topological polar surface area (TPSA) is 71.5 Å². The summed E-state index contributed by atoms with van der Waals surface area (Å²) >= 11 is 0. The number of amides is 2. The fourth-order valence-corrected chi connectivity index (χ4v) is 2.59. The molecule has 24 heavy (non-hydrogen) atoms. The quantitative estimate of drug-likeness (QED) is 0.871. The second-order valence-electron chi connectivity index (χ2n) is 5.38. The fourth-order valence-electron chi connectivity index (χ4n) is 2.59. The predicted molar refractivity (Wildman–Crippen MR) is 86.8 cm³/mol. The average Bonchev–Trinajstić information content (AvgIpc) is 2.60. The maximum Gasteiger partial charge on any atom is 0.250 e. The Morgan fingerprint density at radius 1 is 1.38 bits per heavy atom. The van der Waals surface area contributed by atoms with Gasteiger partial charge in [0, 0.05) is 18.1 Å². The third-order valence-electron chi connectivity index (χ3n) is 3.82. The Bertz CT molecular complexity index is 809. The van der Waals surface area contributed by atoms with E-state index in [0.717, 1.165) is 5.39 Å². The molecule has 1 saturated heterocycles. The van der Waals surface area contributed by atoms with Crippen LogP contribution in [-0.2, 0) is 14.3 Å². The van der Waals surface area contributed by atoms with Gasteiger partial charge >= 0.3 is 0 Å². The zero-order chi connectivity index (χ0) is 17.1. The van der Waals surface area contributed by atoms with Gasteiger partial charge in [0.25, 0.3) is 5.91 Å². The molecule has 1 aromatic heterocycles. The molecule has 2 heterocycles. The first-order valence-corrected chi connectivity index (χ1v) is 7.45. The molecule has 1 aromatic carbocycles. The van der Waals surface area contributed by atoms with Crippen LogP contribution in [0.5, 0.6) is 0 Å². The van der Waals surface area contributed by atoms with E-state index in [1.54, 1.807) is 18.3 Å². The van der Waals surface area contributed by atoms with E-state index >= 15 is 0 Å². The first-order chi connectivity index (χ1) is 11.6. The summed E-state index contributed by atoms with van der Waals surface area (Å²) in [5.41, 5.74) is 0. The molecule has 0 radical (unpaired) electrons. The third-order valence-corrected chi connectivity index (χ3v) is 3.82. The summed E-state index contributed by atoms with van der Waals surface area (Å²) in [6, 6.07) is 5.15. The lowest BCUT2D eigenvalue weighted by Gasteiger charge is -2.33. The monoisotopic (exact) mass is 329 g/mol. The van der Waals surface area contributed by atoms with Crippen molar-refractivity contribution in [3.63, 3.8) is 0 Å². The van der Waals surface area contributed by atoms with E-state index in [2.05, 4.69) is 16.9 Å². The molecule has 1 aliphatic heterocycles. The zero-order valence-electron chi connectivity index (χ0n) is 12.9. The number of carbonyl (C=O) groups is 2. The fraction of sp³-hybridized carbons (Fsp3) is 0.235. The van der Waals surface area contributed by atoms with Crippen molar-refractivity contribution in [1.82, 2.24) is 9.88 Å². The van der Waals surface area contributed by atoms with Crippen molar-refractivity contribution in [2.75, 3.05) is 25.1 Å². The van der Waals surface area contributed by atoms with Gasteiger partial charge in [0.05, 0.1) is 13.2 Å². The number of morpholine rings is 1. The van der Waals surface area contributed by atoms with Gasteiger partial charge in [-0.3, -0.25) is 9.59 Å². The van der Waals surface area contributed by atoms with Gasteiger partial charge in [-0.25, -0.2) is 9.37 Å². The maximum absolute atomic E-state index is 13.3. The van der Waals surface area contributed by atoms with E-state index in [-0.39, 0.29) is 24.1 Å². The van der Waals surface area contributed by atoms with Crippen molar-refractivity contribution >= 4 is 28.4 Å². The highest BCUT2D eigenvalue weighted by Gasteiger charge is 2.31. The van der Waals surface area contributed by atoms with Gasteiger partial charge in [0.15, 0.2) is 0 Å². The number of halogens is 1. The minimum Gasteiger partial charge on any atom is -0.377 e. The molecule has 0 bridgehead atoms. The second-order valence-corrected chi connectivity index (χ2v) is 5.38. The Morgan fingerprint density at radius 2 is 2.21 bits per heavy atom. The van der Waals surface area contributed by atoms with Crippen LogP contribution in [0.3, 0.4) is 0 Å². The molecule has 1 fully saturated rings. The normalized spacial score (nSPS) is 17.5. The minimum atomic E-state index is -0.755.